The number of amides is 1. The molecule has 1 N–H and O–H groups in total. The Morgan fingerprint density at radius 2 is 1.50 bits per heavy atom. The van der Waals surface area contributed by atoms with Crippen molar-refractivity contribution in [2.45, 2.75) is 44.4 Å². The second-order valence-electron chi connectivity index (χ2n) is 13.7. The van der Waals surface area contributed by atoms with Gasteiger partial charge >= 0.3 is 5.69 Å². The molecule has 3 aromatic heterocycles. The van der Waals surface area contributed by atoms with Crippen molar-refractivity contribution < 1.29 is 23.7 Å². The van der Waals surface area contributed by atoms with Gasteiger partial charge in [-0.3, -0.25) is 33.8 Å². The van der Waals surface area contributed by atoms with Crippen LogP contribution in [0.2, 0.25) is 0 Å². The topological polar surface area (TPSA) is 150 Å². The molecule has 2 aromatic carbocycles. The molecule has 54 heavy (non-hydrogen) atoms. The molecule has 5 aromatic rings. The molecule has 2 fully saturated rings. The number of carbonyl (C=O) groups excluding carboxylic acids is 1. The van der Waals surface area contributed by atoms with Crippen molar-refractivity contribution in [3.63, 3.8) is 0 Å². The number of fused-ring (bicyclic) bond motifs is 1. The predicted octanol–water partition coefficient (Wildman–Crippen LogP) is 3.75. The molecule has 0 radical (unpaired) electrons. The van der Waals surface area contributed by atoms with Gasteiger partial charge in [-0.05, 0) is 73.0 Å². The molecule has 0 spiro atoms. The van der Waals surface area contributed by atoms with E-state index in [-0.39, 0.29) is 23.7 Å². The first kappa shape index (κ1) is 36.6. The van der Waals surface area contributed by atoms with Gasteiger partial charge in [0.15, 0.2) is 0 Å². The molecule has 2 saturated heterocycles. The summed E-state index contributed by atoms with van der Waals surface area (Å²) in [6.07, 6.45) is 9.93. The Bertz CT molecular complexity index is 2330. The number of nitrogens with one attached hydrogen (secondary N) is 1. The molecular formula is C40H44N6O8. The monoisotopic (exact) mass is 736 g/mol. The van der Waals surface area contributed by atoms with Crippen molar-refractivity contribution in [1.82, 2.24) is 28.9 Å². The highest BCUT2D eigenvalue weighted by molar-refractivity contribution is 5.96. The Kier molecular flexibility index (Phi) is 10.7. The van der Waals surface area contributed by atoms with Gasteiger partial charge in [-0.2, -0.15) is 0 Å². The number of nitrogens with zero attached hydrogens (tertiary/aromatic N) is 5. The number of rotatable bonds is 10. The van der Waals surface area contributed by atoms with Crippen molar-refractivity contribution in [3.8, 4) is 34.1 Å². The first-order valence-corrected chi connectivity index (χ1v) is 18.0. The average molecular weight is 737 g/mol. The lowest BCUT2D eigenvalue weighted by Crippen LogP contribution is -2.43. The molecule has 14 heteroatoms. The van der Waals surface area contributed by atoms with E-state index in [4.69, 9.17) is 18.9 Å². The second-order valence-corrected chi connectivity index (χ2v) is 13.7. The highest BCUT2D eigenvalue weighted by atomic mass is 16.5. The number of aromatic nitrogens is 4. The van der Waals surface area contributed by atoms with Crippen LogP contribution in [0.15, 0.2) is 81.6 Å². The lowest BCUT2D eigenvalue weighted by Gasteiger charge is -2.37. The standard InChI is InChI=1S/C40H44N6O8/c1-43-23-31(29-7-13-41-22-30(29)39(43)49)26-20-35(52-3)32(36(21-26)53-4)24-44-14-8-27(9-15-44)54-28-10-16-45(17-11-28)38(48)25-5-6-34(51-2)33(19-25)46-18-12-37(47)42-40(46)50/h5-7,12-13,18-23,27-28H,8-11,14-17,24H2,1-4H3,(H,42,47,50). The third kappa shape index (κ3) is 7.39. The van der Waals surface area contributed by atoms with Gasteiger partial charge in [-0.1, -0.05) is 0 Å². The van der Waals surface area contributed by atoms with Crippen molar-refractivity contribution >= 4 is 16.7 Å². The summed E-state index contributed by atoms with van der Waals surface area (Å²) in [5.41, 5.74) is 2.31. The molecule has 0 aliphatic carbocycles. The minimum Gasteiger partial charge on any atom is -0.496 e. The maximum atomic E-state index is 13.5. The minimum atomic E-state index is -0.617. The smallest absolute Gasteiger partial charge is 0.333 e. The fraction of sp³-hybridized carbons (Fsp3) is 0.375. The third-order valence-electron chi connectivity index (χ3n) is 10.4. The fourth-order valence-electron chi connectivity index (χ4n) is 7.53. The molecule has 2 aliphatic rings. The van der Waals surface area contributed by atoms with Gasteiger partial charge in [-0.15, -0.1) is 0 Å². The summed E-state index contributed by atoms with van der Waals surface area (Å²) < 4.78 is 26.6. The number of likely N-dealkylation sites (tertiary alicyclic amines) is 2. The molecule has 2 aliphatic heterocycles. The van der Waals surface area contributed by atoms with Crippen LogP contribution >= 0.6 is 0 Å². The number of hydrogen-bond acceptors (Lipinski definition) is 10. The van der Waals surface area contributed by atoms with E-state index < -0.39 is 11.2 Å². The van der Waals surface area contributed by atoms with E-state index in [9.17, 15) is 19.2 Å². The number of pyridine rings is 2. The fourth-order valence-corrected chi connectivity index (χ4v) is 7.53. The molecule has 282 valence electrons. The first-order valence-electron chi connectivity index (χ1n) is 18.0. The van der Waals surface area contributed by atoms with Crippen LogP contribution in [0.25, 0.3) is 27.6 Å². The van der Waals surface area contributed by atoms with Gasteiger partial charge in [-0.25, -0.2) is 4.79 Å². The highest BCUT2D eigenvalue weighted by Gasteiger charge is 2.29. The zero-order valence-corrected chi connectivity index (χ0v) is 30.9. The van der Waals surface area contributed by atoms with Crippen LogP contribution in [0.3, 0.4) is 0 Å². The average Bonchev–Trinajstić information content (AvgIpc) is 3.20. The molecule has 0 saturated carbocycles. The van der Waals surface area contributed by atoms with E-state index in [1.54, 1.807) is 56.4 Å². The summed E-state index contributed by atoms with van der Waals surface area (Å²) in [6, 6.07) is 12.1. The SMILES string of the molecule is COc1ccc(C(=O)N2CCC(OC3CCN(Cc4c(OC)cc(-c5cn(C)c(=O)c6cnccc56)cc4OC)CC3)CC2)cc1-n1ccc(=O)[nH]c1=O. The van der Waals surface area contributed by atoms with Gasteiger partial charge in [0.2, 0.25) is 0 Å². The Morgan fingerprint density at radius 3 is 2.15 bits per heavy atom. The van der Waals surface area contributed by atoms with E-state index in [1.807, 2.05) is 29.3 Å². The third-order valence-corrected chi connectivity index (χ3v) is 10.4. The van der Waals surface area contributed by atoms with Crippen LogP contribution in [-0.4, -0.2) is 94.5 Å². The van der Waals surface area contributed by atoms with E-state index >= 15 is 0 Å². The molecule has 0 unspecified atom stereocenters. The van der Waals surface area contributed by atoms with Crippen LogP contribution in [0.5, 0.6) is 17.2 Å². The van der Waals surface area contributed by atoms with Crippen LogP contribution in [0.4, 0.5) is 0 Å². The molecule has 0 atom stereocenters. The van der Waals surface area contributed by atoms with Crippen LogP contribution in [-0.2, 0) is 18.3 Å². The number of methoxy groups -OCH3 is 3. The molecule has 5 heterocycles. The lowest BCUT2D eigenvalue weighted by atomic mass is 9.98. The van der Waals surface area contributed by atoms with Gasteiger partial charge in [0, 0.05) is 81.8 Å². The summed E-state index contributed by atoms with van der Waals surface area (Å²) >= 11 is 0. The first-order chi connectivity index (χ1) is 26.2. The van der Waals surface area contributed by atoms with E-state index in [0.717, 1.165) is 72.3 Å². The Morgan fingerprint density at radius 1 is 0.833 bits per heavy atom. The number of aromatic amines is 1. The Labute approximate surface area is 311 Å². The number of carbonyl (C=O) groups is 1. The highest BCUT2D eigenvalue weighted by Crippen LogP contribution is 2.38. The number of piperidine rings is 2. The van der Waals surface area contributed by atoms with Gasteiger partial charge < -0.3 is 28.4 Å². The largest absolute Gasteiger partial charge is 0.496 e. The number of H-pyrrole nitrogens is 1. The number of ether oxygens (including phenoxy) is 4. The van der Waals surface area contributed by atoms with Crippen molar-refractivity contribution in [3.05, 3.63) is 110 Å². The number of aryl methyl sites for hydroxylation is 1. The number of benzene rings is 2. The van der Waals surface area contributed by atoms with Crippen LogP contribution in [0, 0.1) is 0 Å². The molecular weight excluding hydrogens is 692 g/mol. The quantitative estimate of drug-likeness (QED) is 0.225. The molecule has 7 rings (SSSR count). The second kappa shape index (κ2) is 15.7. The zero-order valence-electron chi connectivity index (χ0n) is 30.9. The molecule has 0 bridgehead atoms. The maximum absolute atomic E-state index is 13.5. The van der Waals surface area contributed by atoms with Gasteiger partial charge in [0.25, 0.3) is 17.0 Å². The Hall–Kier alpha value is -5.73. The van der Waals surface area contributed by atoms with E-state index in [0.29, 0.717) is 42.0 Å². The molecule has 14 nitrogen and oxygen atoms in total. The predicted molar refractivity (Wildman–Crippen MR) is 203 cm³/mol. The van der Waals surface area contributed by atoms with Crippen molar-refractivity contribution in [1.29, 1.82) is 0 Å². The van der Waals surface area contributed by atoms with Crippen LogP contribution < -0.4 is 31.0 Å². The van der Waals surface area contributed by atoms with Crippen molar-refractivity contribution in [2.24, 2.45) is 7.05 Å². The van der Waals surface area contributed by atoms with E-state index in [2.05, 4.69) is 14.9 Å². The summed E-state index contributed by atoms with van der Waals surface area (Å²) in [5, 5.41) is 1.37. The minimum absolute atomic E-state index is 0.0637. The van der Waals surface area contributed by atoms with Gasteiger partial charge in [0.1, 0.15) is 17.2 Å². The molecule has 1 amide bonds. The lowest BCUT2D eigenvalue weighted by molar-refractivity contribution is -0.0629. The van der Waals surface area contributed by atoms with Crippen LogP contribution in [0.1, 0.15) is 41.6 Å². The van der Waals surface area contributed by atoms with Crippen molar-refractivity contribution in [2.75, 3.05) is 47.5 Å². The Balaban J connectivity index is 0.954. The summed E-state index contributed by atoms with van der Waals surface area (Å²) in [7, 11) is 6.55. The number of hydrogen-bond donors (Lipinski definition) is 1. The summed E-state index contributed by atoms with van der Waals surface area (Å²) in [5.74, 6) is 1.70. The summed E-state index contributed by atoms with van der Waals surface area (Å²) in [4.78, 5) is 60.9. The maximum Gasteiger partial charge on any atom is 0.333 e. The normalized spacial score (nSPS) is 15.7. The van der Waals surface area contributed by atoms with E-state index in [1.165, 1.54) is 23.9 Å². The zero-order chi connectivity index (χ0) is 37.9. The summed E-state index contributed by atoms with van der Waals surface area (Å²) in [6.45, 7) is 3.48. The van der Waals surface area contributed by atoms with Gasteiger partial charge in [0.05, 0.1) is 50.2 Å².